The summed E-state index contributed by atoms with van der Waals surface area (Å²) in [6.45, 7) is 5.60. The summed E-state index contributed by atoms with van der Waals surface area (Å²) in [6, 6.07) is 3.62. The number of hydrogen-bond donors (Lipinski definition) is 1. The minimum atomic E-state index is -0.257. The number of aromatic nitrogens is 1. The smallest absolute Gasteiger partial charge is 0.291 e. The van der Waals surface area contributed by atoms with Gasteiger partial charge in [0.1, 0.15) is 4.60 Å². The topological polar surface area (TPSA) is 55.1 Å². The Morgan fingerprint density at radius 2 is 2.06 bits per heavy atom. The van der Waals surface area contributed by atoms with Gasteiger partial charge in [0.15, 0.2) is 5.76 Å². The molecule has 0 aliphatic rings. The van der Waals surface area contributed by atoms with Gasteiger partial charge in [-0.1, -0.05) is 0 Å². The van der Waals surface area contributed by atoms with E-state index in [2.05, 4.69) is 26.2 Å². The summed E-state index contributed by atoms with van der Waals surface area (Å²) in [4.78, 5) is 16.3. The van der Waals surface area contributed by atoms with E-state index in [4.69, 9.17) is 4.42 Å². The first-order valence-corrected chi connectivity index (χ1v) is 6.27. The summed E-state index contributed by atoms with van der Waals surface area (Å²) in [7, 11) is 0. The second kappa shape index (κ2) is 4.94. The highest BCUT2D eigenvalue weighted by atomic mass is 79.9. The first kappa shape index (κ1) is 12.8. The molecular formula is C13H13BrN2O2. The van der Waals surface area contributed by atoms with Crippen molar-refractivity contribution < 1.29 is 9.21 Å². The lowest BCUT2D eigenvalue weighted by atomic mass is 10.2. The molecule has 0 bridgehead atoms. The van der Waals surface area contributed by atoms with Gasteiger partial charge in [0.2, 0.25) is 0 Å². The highest BCUT2D eigenvalue weighted by Gasteiger charge is 2.15. The average Bonchev–Trinajstić information content (AvgIpc) is 2.69. The Kier molecular flexibility index (Phi) is 3.52. The van der Waals surface area contributed by atoms with Crippen LogP contribution in [0.1, 0.15) is 27.4 Å². The highest BCUT2D eigenvalue weighted by molar-refractivity contribution is 9.10. The van der Waals surface area contributed by atoms with Gasteiger partial charge >= 0.3 is 0 Å². The van der Waals surface area contributed by atoms with E-state index >= 15 is 0 Å². The number of carbonyl (C=O) groups excluding carboxylic acids is 1. The fourth-order valence-corrected chi connectivity index (χ4v) is 2.36. The van der Waals surface area contributed by atoms with Gasteiger partial charge in [0.05, 0.1) is 17.6 Å². The average molecular weight is 309 g/mol. The fourth-order valence-electron chi connectivity index (χ4n) is 1.75. The Bertz CT molecular complexity index is 582. The maximum Gasteiger partial charge on any atom is 0.291 e. The monoisotopic (exact) mass is 308 g/mol. The molecule has 2 aromatic heterocycles. The van der Waals surface area contributed by atoms with Crippen molar-refractivity contribution in [1.29, 1.82) is 0 Å². The molecule has 0 radical (unpaired) electrons. The summed E-state index contributed by atoms with van der Waals surface area (Å²) in [5, 5.41) is 2.83. The zero-order valence-corrected chi connectivity index (χ0v) is 12.0. The molecule has 0 saturated heterocycles. The lowest BCUT2D eigenvalue weighted by Gasteiger charge is -2.10. The van der Waals surface area contributed by atoms with Crippen LogP contribution in [-0.4, -0.2) is 10.9 Å². The Morgan fingerprint density at radius 1 is 1.33 bits per heavy atom. The number of rotatable bonds is 2. The number of halogens is 1. The third-order valence-corrected chi connectivity index (χ3v) is 3.08. The number of nitrogens with one attached hydrogen (secondary N) is 1. The van der Waals surface area contributed by atoms with Crippen molar-refractivity contribution in [2.24, 2.45) is 0 Å². The first-order chi connectivity index (χ1) is 8.49. The maximum absolute atomic E-state index is 12.0. The van der Waals surface area contributed by atoms with E-state index in [1.165, 1.54) is 6.26 Å². The normalized spacial score (nSPS) is 10.4. The van der Waals surface area contributed by atoms with E-state index in [1.54, 1.807) is 6.07 Å². The zero-order chi connectivity index (χ0) is 13.3. The molecule has 4 nitrogen and oxygen atoms in total. The fraction of sp³-hybridized carbons (Fsp3) is 0.231. The quantitative estimate of drug-likeness (QED) is 0.862. The molecule has 0 aliphatic carbocycles. The van der Waals surface area contributed by atoms with Crippen LogP contribution in [0.25, 0.3) is 0 Å². The van der Waals surface area contributed by atoms with Crippen LogP contribution in [0.4, 0.5) is 5.69 Å². The number of hydrogen-bond acceptors (Lipinski definition) is 3. The zero-order valence-electron chi connectivity index (χ0n) is 10.4. The molecule has 2 heterocycles. The molecule has 1 N–H and O–H groups in total. The third-order valence-electron chi connectivity index (χ3n) is 2.67. The van der Waals surface area contributed by atoms with Gasteiger partial charge < -0.3 is 9.73 Å². The second-order valence-corrected chi connectivity index (χ2v) is 4.92. The molecule has 0 aromatic carbocycles. The third kappa shape index (κ3) is 2.46. The minimum Gasteiger partial charge on any atom is -0.459 e. The van der Waals surface area contributed by atoms with E-state index in [-0.39, 0.29) is 5.91 Å². The van der Waals surface area contributed by atoms with E-state index in [0.29, 0.717) is 5.76 Å². The largest absolute Gasteiger partial charge is 0.459 e. The summed E-state index contributed by atoms with van der Waals surface area (Å²) in [6.07, 6.45) is 1.50. The van der Waals surface area contributed by atoms with Crippen LogP contribution >= 0.6 is 15.9 Å². The van der Waals surface area contributed by atoms with Crippen LogP contribution in [-0.2, 0) is 0 Å². The van der Waals surface area contributed by atoms with Crippen molar-refractivity contribution in [3.8, 4) is 0 Å². The molecule has 0 unspecified atom stereocenters. The standard InChI is InChI=1S/C13H13BrN2O2/c1-7-4-5-18-12(7)13(17)16-11-8(2)6-10(14)15-9(11)3/h4-6H,1-3H3,(H,16,17). The lowest BCUT2D eigenvalue weighted by molar-refractivity contribution is 0.0995. The maximum atomic E-state index is 12.0. The summed E-state index contributed by atoms with van der Waals surface area (Å²) in [5.74, 6) is 0.0736. The number of carbonyl (C=O) groups is 1. The number of nitrogens with zero attached hydrogens (tertiary/aromatic N) is 1. The Balaban J connectivity index is 2.31. The van der Waals surface area contributed by atoms with Gasteiger partial charge in [-0.05, 0) is 54.4 Å². The molecule has 0 fully saturated rings. The SMILES string of the molecule is Cc1ccoc1C(=O)Nc1c(C)cc(Br)nc1C. The van der Waals surface area contributed by atoms with Gasteiger partial charge in [-0.25, -0.2) is 4.98 Å². The molecule has 2 rings (SSSR count). The van der Waals surface area contributed by atoms with Crippen molar-refractivity contribution in [1.82, 2.24) is 4.98 Å². The van der Waals surface area contributed by atoms with E-state index in [0.717, 1.165) is 27.1 Å². The van der Waals surface area contributed by atoms with Crippen molar-refractivity contribution in [2.45, 2.75) is 20.8 Å². The van der Waals surface area contributed by atoms with Crippen LogP contribution in [0.15, 0.2) is 27.4 Å². The molecule has 2 aromatic rings. The molecule has 0 spiro atoms. The van der Waals surface area contributed by atoms with Crippen molar-refractivity contribution in [3.63, 3.8) is 0 Å². The predicted octanol–water partition coefficient (Wildman–Crippen LogP) is 3.61. The summed E-state index contributed by atoms with van der Waals surface area (Å²) >= 11 is 3.32. The minimum absolute atomic E-state index is 0.257. The molecular weight excluding hydrogens is 296 g/mol. The van der Waals surface area contributed by atoms with Crippen molar-refractivity contribution in [3.05, 3.63) is 45.6 Å². The van der Waals surface area contributed by atoms with E-state index in [1.807, 2.05) is 26.8 Å². The van der Waals surface area contributed by atoms with Crippen molar-refractivity contribution in [2.75, 3.05) is 5.32 Å². The Morgan fingerprint density at radius 3 is 2.61 bits per heavy atom. The molecule has 18 heavy (non-hydrogen) atoms. The summed E-state index contributed by atoms with van der Waals surface area (Å²) in [5.41, 5.74) is 3.25. The van der Waals surface area contributed by atoms with Gasteiger partial charge in [-0.3, -0.25) is 4.79 Å². The predicted molar refractivity (Wildman–Crippen MR) is 72.8 cm³/mol. The number of amides is 1. The lowest BCUT2D eigenvalue weighted by Crippen LogP contribution is -2.14. The van der Waals surface area contributed by atoms with Gasteiger partial charge in [0.25, 0.3) is 5.91 Å². The number of pyridine rings is 1. The highest BCUT2D eigenvalue weighted by Crippen LogP contribution is 2.23. The number of furan rings is 1. The van der Waals surface area contributed by atoms with Gasteiger partial charge in [-0.2, -0.15) is 0 Å². The van der Waals surface area contributed by atoms with Crippen LogP contribution in [0, 0.1) is 20.8 Å². The number of anilines is 1. The van der Waals surface area contributed by atoms with Crippen LogP contribution in [0.5, 0.6) is 0 Å². The molecule has 1 amide bonds. The molecule has 0 atom stereocenters. The molecule has 94 valence electrons. The summed E-state index contributed by atoms with van der Waals surface area (Å²) < 4.78 is 5.91. The van der Waals surface area contributed by atoms with Crippen molar-refractivity contribution >= 4 is 27.5 Å². The number of aryl methyl sites for hydroxylation is 3. The molecule has 5 heteroatoms. The van der Waals surface area contributed by atoms with Gasteiger partial charge in [0, 0.05) is 5.56 Å². The molecule has 0 saturated carbocycles. The second-order valence-electron chi connectivity index (χ2n) is 4.11. The van der Waals surface area contributed by atoms with Crippen LogP contribution < -0.4 is 5.32 Å². The van der Waals surface area contributed by atoms with E-state index in [9.17, 15) is 4.79 Å². The first-order valence-electron chi connectivity index (χ1n) is 5.48. The van der Waals surface area contributed by atoms with Gasteiger partial charge in [-0.15, -0.1) is 0 Å². The Hall–Kier alpha value is -1.62. The molecule has 0 aliphatic heterocycles. The Labute approximate surface area is 114 Å². The van der Waals surface area contributed by atoms with E-state index < -0.39 is 0 Å². The van der Waals surface area contributed by atoms with Crippen LogP contribution in [0.2, 0.25) is 0 Å². The van der Waals surface area contributed by atoms with Crippen LogP contribution in [0.3, 0.4) is 0 Å².